The van der Waals surface area contributed by atoms with Crippen molar-refractivity contribution in [3.8, 4) is 23.0 Å². The minimum Gasteiger partial charge on any atom is -0.504 e. The first kappa shape index (κ1) is 24.7. The van der Waals surface area contributed by atoms with Gasteiger partial charge < -0.3 is 28.8 Å². The summed E-state index contributed by atoms with van der Waals surface area (Å²) in [5.41, 5.74) is 0. The summed E-state index contributed by atoms with van der Waals surface area (Å²) in [6.07, 6.45) is 14.4. The van der Waals surface area contributed by atoms with Crippen molar-refractivity contribution in [1.82, 2.24) is 0 Å². The Hall–Kier alpha value is -1.92. The SMILES string of the molecule is CCCCCCOC[C@H]1[C@@H](C/C=C\CCOc2cc(O)c(OC)c(OC)c2)[C@H]2CC[C@@H]1O2. The van der Waals surface area contributed by atoms with Crippen molar-refractivity contribution >= 4 is 0 Å². The summed E-state index contributed by atoms with van der Waals surface area (Å²) in [6.45, 7) is 4.47. The average Bonchev–Trinajstić information content (AvgIpc) is 3.40. The molecule has 3 rings (SSSR count). The molecule has 2 bridgehead atoms. The number of hydrogen-bond acceptors (Lipinski definition) is 6. The highest BCUT2D eigenvalue weighted by Crippen LogP contribution is 2.45. The lowest BCUT2D eigenvalue weighted by molar-refractivity contribution is 0.0478. The highest BCUT2D eigenvalue weighted by atomic mass is 16.5. The molecule has 2 aliphatic heterocycles. The Kier molecular flexibility index (Phi) is 10.0. The van der Waals surface area contributed by atoms with Gasteiger partial charge >= 0.3 is 0 Å². The van der Waals surface area contributed by atoms with Gasteiger partial charge in [-0.15, -0.1) is 0 Å². The van der Waals surface area contributed by atoms with Gasteiger partial charge in [0.2, 0.25) is 5.75 Å². The largest absolute Gasteiger partial charge is 0.504 e. The molecule has 180 valence electrons. The van der Waals surface area contributed by atoms with Crippen LogP contribution in [0.15, 0.2) is 24.3 Å². The summed E-state index contributed by atoms with van der Waals surface area (Å²) in [5.74, 6) is 2.42. The summed E-state index contributed by atoms with van der Waals surface area (Å²) in [4.78, 5) is 0. The maximum absolute atomic E-state index is 10.0. The first-order valence-corrected chi connectivity index (χ1v) is 12.1. The van der Waals surface area contributed by atoms with E-state index in [9.17, 15) is 5.11 Å². The van der Waals surface area contributed by atoms with Gasteiger partial charge in [-0.2, -0.15) is 0 Å². The van der Waals surface area contributed by atoms with Crippen molar-refractivity contribution in [1.29, 1.82) is 0 Å². The van der Waals surface area contributed by atoms with E-state index in [0.717, 1.165) is 32.5 Å². The average molecular weight is 449 g/mol. The minimum atomic E-state index is 0.00676. The Bertz CT molecular complexity index is 719. The van der Waals surface area contributed by atoms with Gasteiger partial charge in [0.15, 0.2) is 11.5 Å². The van der Waals surface area contributed by atoms with E-state index in [4.69, 9.17) is 23.7 Å². The topological polar surface area (TPSA) is 66.4 Å². The van der Waals surface area contributed by atoms with Gasteiger partial charge in [-0.25, -0.2) is 0 Å². The molecule has 1 aromatic rings. The normalized spacial score (nSPS) is 24.3. The molecule has 0 aliphatic carbocycles. The third kappa shape index (κ3) is 6.55. The lowest BCUT2D eigenvalue weighted by atomic mass is 9.78. The molecule has 0 unspecified atom stereocenters. The Labute approximate surface area is 192 Å². The second-order valence-corrected chi connectivity index (χ2v) is 8.78. The molecule has 4 atom stereocenters. The third-order valence-electron chi connectivity index (χ3n) is 6.60. The maximum Gasteiger partial charge on any atom is 0.203 e. The van der Waals surface area contributed by atoms with Crippen molar-refractivity contribution in [3.63, 3.8) is 0 Å². The zero-order chi connectivity index (χ0) is 22.8. The van der Waals surface area contributed by atoms with E-state index in [-0.39, 0.29) is 5.75 Å². The van der Waals surface area contributed by atoms with Gasteiger partial charge in [0.1, 0.15) is 5.75 Å². The van der Waals surface area contributed by atoms with Crippen LogP contribution in [-0.2, 0) is 9.47 Å². The molecule has 6 heteroatoms. The van der Waals surface area contributed by atoms with Crippen LogP contribution in [0.5, 0.6) is 23.0 Å². The number of rotatable bonds is 15. The standard InChI is InChI=1S/C26H40O6/c1-4-5-6-9-14-30-18-21-20(23-12-13-24(21)32-23)11-8-7-10-15-31-19-16-22(27)26(29-3)25(17-19)28-2/h7-8,16-17,20-21,23-24,27H,4-6,9-15,18H2,1-3H3/b8-7-/t20-,21+,23-,24+/m1/s1. The molecule has 2 aliphatic rings. The molecule has 0 aromatic heterocycles. The van der Waals surface area contributed by atoms with Crippen LogP contribution in [0.1, 0.15) is 58.3 Å². The number of aromatic hydroxyl groups is 1. The molecule has 2 heterocycles. The van der Waals surface area contributed by atoms with Gasteiger partial charge in [-0.05, 0) is 38.0 Å². The molecule has 6 nitrogen and oxygen atoms in total. The second kappa shape index (κ2) is 12.9. The lowest BCUT2D eigenvalue weighted by Gasteiger charge is -2.27. The molecular weight excluding hydrogens is 408 g/mol. The van der Waals surface area contributed by atoms with Crippen LogP contribution in [-0.4, -0.2) is 51.4 Å². The number of unbranched alkanes of at least 4 members (excludes halogenated alkanes) is 3. The molecule has 0 radical (unpaired) electrons. The zero-order valence-corrected chi connectivity index (χ0v) is 19.9. The van der Waals surface area contributed by atoms with Crippen LogP contribution in [0.2, 0.25) is 0 Å². The molecule has 1 N–H and O–H groups in total. The van der Waals surface area contributed by atoms with Crippen LogP contribution in [0.4, 0.5) is 0 Å². The Morgan fingerprint density at radius 2 is 1.81 bits per heavy atom. The Balaban J connectivity index is 1.39. The van der Waals surface area contributed by atoms with Crippen LogP contribution >= 0.6 is 0 Å². The molecule has 0 spiro atoms. The van der Waals surface area contributed by atoms with Gasteiger partial charge in [-0.3, -0.25) is 0 Å². The van der Waals surface area contributed by atoms with E-state index in [1.165, 1.54) is 46.3 Å². The number of hydrogen-bond donors (Lipinski definition) is 1. The van der Waals surface area contributed by atoms with Crippen LogP contribution in [0, 0.1) is 11.8 Å². The summed E-state index contributed by atoms with van der Waals surface area (Å²) >= 11 is 0. The number of benzene rings is 1. The number of ether oxygens (including phenoxy) is 5. The van der Waals surface area contributed by atoms with E-state index >= 15 is 0 Å². The van der Waals surface area contributed by atoms with Crippen molar-refractivity contribution in [2.24, 2.45) is 11.8 Å². The number of allylic oxidation sites excluding steroid dienone is 1. The summed E-state index contributed by atoms with van der Waals surface area (Å²) in [5, 5.41) is 10.0. The number of phenolic OH excluding ortho intramolecular Hbond substituents is 1. The van der Waals surface area contributed by atoms with E-state index in [1.54, 1.807) is 12.1 Å². The Morgan fingerprint density at radius 3 is 2.56 bits per heavy atom. The highest BCUT2D eigenvalue weighted by Gasteiger charge is 2.48. The predicted molar refractivity (Wildman–Crippen MR) is 125 cm³/mol. The van der Waals surface area contributed by atoms with Crippen LogP contribution in [0.25, 0.3) is 0 Å². The second-order valence-electron chi connectivity index (χ2n) is 8.78. The van der Waals surface area contributed by atoms with Gasteiger partial charge in [0, 0.05) is 24.7 Å². The van der Waals surface area contributed by atoms with Crippen molar-refractivity contribution in [2.45, 2.75) is 70.5 Å². The molecular formula is C26H40O6. The predicted octanol–water partition coefficient (Wildman–Crippen LogP) is 5.52. The lowest BCUT2D eigenvalue weighted by Crippen LogP contribution is -2.30. The third-order valence-corrected chi connectivity index (χ3v) is 6.60. The fraction of sp³-hybridized carbons (Fsp3) is 0.692. The smallest absolute Gasteiger partial charge is 0.203 e. The molecule has 32 heavy (non-hydrogen) atoms. The molecule has 1 aromatic carbocycles. The summed E-state index contributed by atoms with van der Waals surface area (Å²) < 4.78 is 28.4. The first-order valence-electron chi connectivity index (χ1n) is 12.1. The number of methoxy groups -OCH3 is 2. The van der Waals surface area contributed by atoms with E-state index in [2.05, 4.69) is 19.1 Å². The van der Waals surface area contributed by atoms with Crippen molar-refractivity contribution in [3.05, 3.63) is 24.3 Å². The number of fused-ring (bicyclic) bond motifs is 2. The summed E-state index contributed by atoms with van der Waals surface area (Å²) in [6, 6.07) is 3.27. The van der Waals surface area contributed by atoms with E-state index < -0.39 is 0 Å². The maximum atomic E-state index is 10.0. The zero-order valence-electron chi connectivity index (χ0n) is 19.9. The van der Waals surface area contributed by atoms with E-state index in [1.807, 2.05) is 0 Å². The first-order chi connectivity index (χ1) is 15.7. The minimum absolute atomic E-state index is 0.00676. The van der Waals surface area contributed by atoms with Crippen molar-refractivity contribution < 1.29 is 28.8 Å². The van der Waals surface area contributed by atoms with Crippen LogP contribution in [0.3, 0.4) is 0 Å². The van der Waals surface area contributed by atoms with Gasteiger partial charge in [0.25, 0.3) is 0 Å². The summed E-state index contributed by atoms with van der Waals surface area (Å²) in [7, 11) is 3.03. The van der Waals surface area contributed by atoms with E-state index in [0.29, 0.717) is 47.9 Å². The molecule has 2 saturated heterocycles. The fourth-order valence-corrected chi connectivity index (χ4v) is 4.90. The number of phenols is 1. The fourth-order valence-electron chi connectivity index (χ4n) is 4.90. The molecule has 0 saturated carbocycles. The Morgan fingerprint density at radius 1 is 1.00 bits per heavy atom. The quantitative estimate of drug-likeness (QED) is 0.282. The molecule has 0 amide bonds. The van der Waals surface area contributed by atoms with Gasteiger partial charge in [0.05, 0.1) is 39.6 Å². The van der Waals surface area contributed by atoms with Crippen molar-refractivity contribution in [2.75, 3.05) is 34.0 Å². The van der Waals surface area contributed by atoms with Gasteiger partial charge in [-0.1, -0.05) is 38.3 Å². The highest BCUT2D eigenvalue weighted by molar-refractivity contribution is 5.55. The molecule has 2 fully saturated rings. The van der Waals surface area contributed by atoms with Crippen LogP contribution < -0.4 is 14.2 Å². The monoisotopic (exact) mass is 448 g/mol.